The lowest BCUT2D eigenvalue weighted by Crippen LogP contribution is -2.49. The number of hydrogen-bond acceptors (Lipinski definition) is 2. The molecule has 3 rings (SSSR count). The van der Waals surface area contributed by atoms with Gasteiger partial charge in [-0.3, -0.25) is 4.90 Å². The molecule has 0 bridgehead atoms. The monoisotopic (exact) mass is 292 g/mol. The zero-order chi connectivity index (χ0) is 14.0. The van der Waals surface area contributed by atoms with Crippen molar-refractivity contribution in [1.29, 1.82) is 0 Å². The van der Waals surface area contributed by atoms with E-state index in [1.54, 1.807) is 0 Å². The zero-order valence-corrected chi connectivity index (χ0v) is 13.1. The summed E-state index contributed by atoms with van der Waals surface area (Å²) in [6.07, 6.45) is 6.65. The van der Waals surface area contributed by atoms with Gasteiger partial charge in [-0.1, -0.05) is 42.6 Å². The van der Waals surface area contributed by atoms with Crippen molar-refractivity contribution in [2.75, 3.05) is 19.6 Å². The van der Waals surface area contributed by atoms with E-state index in [0.29, 0.717) is 11.6 Å². The smallest absolute Gasteiger partial charge is 0.0453 e. The van der Waals surface area contributed by atoms with E-state index >= 15 is 0 Å². The highest BCUT2D eigenvalue weighted by Gasteiger charge is 2.37. The molecule has 0 aromatic heterocycles. The summed E-state index contributed by atoms with van der Waals surface area (Å²) in [5, 5.41) is 4.73. The highest BCUT2D eigenvalue weighted by atomic mass is 35.5. The number of nitrogens with zero attached hydrogens (tertiary/aromatic N) is 1. The molecular formula is C17H25ClN2. The van der Waals surface area contributed by atoms with E-state index in [0.717, 1.165) is 11.6 Å². The predicted molar refractivity (Wildman–Crippen MR) is 85.3 cm³/mol. The molecule has 1 spiro atoms. The summed E-state index contributed by atoms with van der Waals surface area (Å²) in [6.45, 7) is 5.79. The van der Waals surface area contributed by atoms with Crippen LogP contribution in [0.4, 0.5) is 0 Å². The minimum atomic E-state index is 0.367. The molecule has 110 valence electrons. The Morgan fingerprint density at radius 2 is 1.95 bits per heavy atom. The van der Waals surface area contributed by atoms with Crippen LogP contribution in [0, 0.1) is 0 Å². The minimum absolute atomic E-state index is 0.367. The number of rotatable bonds is 2. The summed E-state index contributed by atoms with van der Waals surface area (Å²) in [7, 11) is 0. The average Bonchev–Trinajstić information content (AvgIpc) is 2.79. The Balaban J connectivity index is 1.79. The predicted octanol–water partition coefficient (Wildman–Crippen LogP) is 4.01. The molecule has 2 aliphatic rings. The lowest BCUT2D eigenvalue weighted by Gasteiger charge is -2.36. The van der Waals surface area contributed by atoms with Gasteiger partial charge in [0.15, 0.2) is 0 Å². The Labute approximate surface area is 127 Å². The second-order valence-corrected chi connectivity index (χ2v) is 6.84. The van der Waals surface area contributed by atoms with Crippen molar-refractivity contribution in [3.63, 3.8) is 0 Å². The molecule has 1 aromatic carbocycles. The lowest BCUT2D eigenvalue weighted by molar-refractivity contribution is 0.166. The van der Waals surface area contributed by atoms with E-state index < -0.39 is 0 Å². The molecule has 1 aromatic rings. The Hall–Kier alpha value is -0.570. The molecule has 3 heteroatoms. The van der Waals surface area contributed by atoms with E-state index in [9.17, 15) is 0 Å². The van der Waals surface area contributed by atoms with Crippen LogP contribution in [0.5, 0.6) is 0 Å². The first-order valence-corrected chi connectivity index (χ1v) is 8.32. The molecule has 1 atom stereocenters. The standard InChI is InChI=1S/C17H25ClN2/c1-14(15-7-2-3-8-16(15)18)20-12-6-11-19-17(13-20)9-4-5-10-17/h2-3,7-8,14,19H,4-6,9-13H2,1H3. The Kier molecular flexibility index (Phi) is 4.34. The fraction of sp³-hybridized carbons (Fsp3) is 0.647. The average molecular weight is 293 g/mol. The largest absolute Gasteiger partial charge is 0.310 e. The van der Waals surface area contributed by atoms with Crippen LogP contribution in [-0.2, 0) is 0 Å². The summed E-state index contributed by atoms with van der Waals surface area (Å²) in [5.41, 5.74) is 1.63. The van der Waals surface area contributed by atoms with E-state index in [4.69, 9.17) is 11.6 Å². The van der Waals surface area contributed by atoms with E-state index in [1.165, 1.54) is 50.8 Å². The number of hydrogen-bond donors (Lipinski definition) is 1. The third kappa shape index (κ3) is 2.88. The Morgan fingerprint density at radius 3 is 2.70 bits per heavy atom. The van der Waals surface area contributed by atoms with Crippen molar-refractivity contribution in [3.8, 4) is 0 Å². The molecule has 20 heavy (non-hydrogen) atoms. The minimum Gasteiger partial charge on any atom is -0.310 e. The summed E-state index contributed by atoms with van der Waals surface area (Å²) in [4.78, 5) is 2.63. The fourth-order valence-electron chi connectivity index (χ4n) is 3.89. The van der Waals surface area contributed by atoms with Crippen molar-refractivity contribution < 1.29 is 0 Å². The molecule has 1 aliphatic heterocycles. The molecule has 1 saturated heterocycles. The first kappa shape index (κ1) is 14.4. The molecule has 1 saturated carbocycles. The van der Waals surface area contributed by atoms with Crippen LogP contribution < -0.4 is 5.32 Å². The highest BCUT2D eigenvalue weighted by molar-refractivity contribution is 6.31. The summed E-state index contributed by atoms with van der Waals surface area (Å²) < 4.78 is 0. The Morgan fingerprint density at radius 1 is 1.20 bits per heavy atom. The molecule has 0 amide bonds. The van der Waals surface area contributed by atoms with Crippen molar-refractivity contribution >= 4 is 11.6 Å². The summed E-state index contributed by atoms with van der Waals surface area (Å²) in [6, 6.07) is 8.70. The quantitative estimate of drug-likeness (QED) is 0.886. The van der Waals surface area contributed by atoms with Gasteiger partial charge in [-0.15, -0.1) is 0 Å². The Bertz CT molecular complexity index is 454. The van der Waals surface area contributed by atoms with Crippen LogP contribution in [0.1, 0.15) is 50.6 Å². The van der Waals surface area contributed by atoms with Gasteiger partial charge in [0.1, 0.15) is 0 Å². The third-order valence-electron chi connectivity index (χ3n) is 5.09. The van der Waals surface area contributed by atoms with Gasteiger partial charge >= 0.3 is 0 Å². The number of halogens is 1. The second kappa shape index (κ2) is 6.05. The molecule has 2 fully saturated rings. The molecule has 1 heterocycles. The van der Waals surface area contributed by atoms with Crippen molar-refractivity contribution in [3.05, 3.63) is 34.9 Å². The van der Waals surface area contributed by atoms with Gasteiger partial charge < -0.3 is 5.32 Å². The van der Waals surface area contributed by atoms with Crippen LogP contribution in [0.25, 0.3) is 0 Å². The SMILES string of the molecule is CC(c1ccccc1Cl)N1CCCNC2(CCCC2)C1. The van der Waals surface area contributed by atoms with Gasteiger partial charge in [-0.25, -0.2) is 0 Å². The van der Waals surface area contributed by atoms with Crippen LogP contribution in [0.15, 0.2) is 24.3 Å². The van der Waals surface area contributed by atoms with Gasteiger partial charge in [0.05, 0.1) is 0 Å². The molecule has 0 radical (unpaired) electrons. The van der Waals surface area contributed by atoms with Gasteiger partial charge in [-0.05, 0) is 44.4 Å². The number of nitrogens with one attached hydrogen (secondary N) is 1. The van der Waals surface area contributed by atoms with E-state index in [2.05, 4.69) is 29.3 Å². The van der Waals surface area contributed by atoms with Gasteiger partial charge in [-0.2, -0.15) is 0 Å². The summed E-state index contributed by atoms with van der Waals surface area (Å²) >= 11 is 6.39. The molecule has 1 aliphatic carbocycles. The maximum Gasteiger partial charge on any atom is 0.0453 e. The van der Waals surface area contributed by atoms with Crippen molar-refractivity contribution in [1.82, 2.24) is 10.2 Å². The van der Waals surface area contributed by atoms with Crippen LogP contribution in [0.3, 0.4) is 0 Å². The van der Waals surface area contributed by atoms with Crippen molar-refractivity contribution in [2.24, 2.45) is 0 Å². The topological polar surface area (TPSA) is 15.3 Å². The fourth-order valence-corrected chi connectivity index (χ4v) is 4.18. The van der Waals surface area contributed by atoms with Crippen molar-refractivity contribution in [2.45, 2.75) is 50.6 Å². The molecule has 1 unspecified atom stereocenters. The molecular weight excluding hydrogens is 268 g/mol. The maximum absolute atomic E-state index is 6.39. The number of benzene rings is 1. The summed E-state index contributed by atoms with van der Waals surface area (Å²) in [5.74, 6) is 0. The normalized spacial score (nSPS) is 24.7. The second-order valence-electron chi connectivity index (χ2n) is 6.44. The first-order chi connectivity index (χ1) is 9.70. The van der Waals surface area contributed by atoms with Gasteiger partial charge in [0, 0.05) is 29.7 Å². The third-order valence-corrected chi connectivity index (χ3v) is 5.44. The highest BCUT2D eigenvalue weighted by Crippen LogP contribution is 2.35. The lowest BCUT2D eigenvalue weighted by atomic mass is 9.95. The van der Waals surface area contributed by atoms with Crippen LogP contribution >= 0.6 is 11.6 Å². The van der Waals surface area contributed by atoms with E-state index in [-0.39, 0.29) is 0 Å². The molecule has 1 N–H and O–H groups in total. The molecule has 2 nitrogen and oxygen atoms in total. The zero-order valence-electron chi connectivity index (χ0n) is 12.4. The van der Waals surface area contributed by atoms with Crippen LogP contribution in [-0.4, -0.2) is 30.1 Å². The maximum atomic E-state index is 6.39. The van der Waals surface area contributed by atoms with Crippen LogP contribution in [0.2, 0.25) is 5.02 Å². The van der Waals surface area contributed by atoms with E-state index in [1.807, 2.05) is 12.1 Å². The first-order valence-electron chi connectivity index (χ1n) is 7.94. The van der Waals surface area contributed by atoms with Gasteiger partial charge in [0.2, 0.25) is 0 Å². The van der Waals surface area contributed by atoms with Gasteiger partial charge in [0.25, 0.3) is 0 Å².